The van der Waals surface area contributed by atoms with Crippen molar-refractivity contribution in [1.29, 1.82) is 0 Å². The van der Waals surface area contributed by atoms with Gasteiger partial charge in [0.15, 0.2) is 6.04 Å². The number of hydrogen-bond donors (Lipinski definition) is 0. The fourth-order valence-electron chi connectivity index (χ4n) is 2.69. The number of nitrogens with zero attached hydrogens (tertiary/aromatic N) is 2. The Morgan fingerprint density at radius 3 is 2.50 bits per heavy atom. The average Bonchev–Trinajstić information content (AvgIpc) is 2.46. The minimum Gasteiger partial charge on any atom is -0.341 e. The van der Waals surface area contributed by atoms with Gasteiger partial charge in [-0.2, -0.15) is 13.2 Å². The predicted octanol–water partition coefficient (Wildman–Crippen LogP) is 3.75. The van der Waals surface area contributed by atoms with E-state index in [2.05, 4.69) is 4.98 Å². The maximum Gasteiger partial charge on any atom is 0.413 e. The number of aromatic nitrogens is 1. The van der Waals surface area contributed by atoms with E-state index in [0.29, 0.717) is 24.3 Å². The number of rotatable bonds is 1. The SMILES string of the molecule is FC(F)(F)C1c2ccccc2CCN1c1ccccn1. The van der Waals surface area contributed by atoms with Gasteiger partial charge in [-0.3, -0.25) is 0 Å². The van der Waals surface area contributed by atoms with Gasteiger partial charge in [0.25, 0.3) is 0 Å². The molecule has 1 aliphatic rings. The third-order valence-electron chi connectivity index (χ3n) is 3.54. The first-order valence-corrected chi connectivity index (χ1v) is 6.39. The van der Waals surface area contributed by atoms with Crippen molar-refractivity contribution in [1.82, 2.24) is 4.98 Å². The molecule has 104 valence electrons. The average molecular weight is 278 g/mol. The normalized spacial score (nSPS) is 18.8. The number of fused-ring (bicyclic) bond motifs is 1. The van der Waals surface area contributed by atoms with Crippen molar-refractivity contribution < 1.29 is 13.2 Å². The standard InChI is InChI=1S/C15H13F3N2/c16-15(17,18)14-12-6-2-1-5-11(12)8-10-20(14)13-7-3-4-9-19-13/h1-7,9,14H,8,10H2. The van der Waals surface area contributed by atoms with E-state index < -0.39 is 12.2 Å². The van der Waals surface area contributed by atoms with Crippen LogP contribution in [0.3, 0.4) is 0 Å². The number of hydrogen-bond acceptors (Lipinski definition) is 2. The van der Waals surface area contributed by atoms with E-state index >= 15 is 0 Å². The molecule has 0 amide bonds. The quantitative estimate of drug-likeness (QED) is 0.789. The van der Waals surface area contributed by atoms with Crippen LogP contribution in [0.15, 0.2) is 48.7 Å². The lowest BCUT2D eigenvalue weighted by Crippen LogP contribution is -2.43. The van der Waals surface area contributed by atoms with Crippen LogP contribution in [-0.4, -0.2) is 17.7 Å². The minimum absolute atomic E-state index is 0.318. The fourth-order valence-corrected chi connectivity index (χ4v) is 2.69. The van der Waals surface area contributed by atoms with Crippen LogP contribution in [0.4, 0.5) is 19.0 Å². The highest BCUT2D eigenvalue weighted by atomic mass is 19.4. The van der Waals surface area contributed by atoms with Gasteiger partial charge in [0, 0.05) is 12.7 Å². The van der Waals surface area contributed by atoms with Gasteiger partial charge < -0.3 is 4.90 Å². The van der Waals surface area contributed by atoms with Gasteiger partial charge in [0.05, 0.1) is 0 Å². The third-order valence-corrected chi connectivity index (χ3v) is 3.54. The van der Waals surface area contributed by atoms with Gasteiger partial charge in [-0.15, -0.1) is 0 Å². The summed E-state index contributed by atoms with van der Waals surface area (Å²) in [6, 6.07) is 10.2. The van der Waals surface area contributed by atoms with Crippen molar-refractivity contribution in [2.75, 3.05) is 11.4 Å². The first-order chi connectivity index (χ1) is 9.57. The van der Waals surface area contributed by atoms with Crippen molar-refractivity contribution >= 4 is 5.82 Å². The minimum atomic E-state index is -4.33. The second-order valence-corrected chi connectivity index (χ2v) is 4.77. The molecule has 1 aromatic carbocycles. The number of pyridine rings is 1. The second kappa shape index (κ2) is 4.81. The summed E-state index contributed by atoms with van der Waals surface area (Å²) in [4.78, 5) is 5.40. The zero-order valence-corrected chi connectivity index (χ0v) is 10.6. The van der Waals surface area contributed by atoms with Crippen molar-refractivity contribution in [2.45, 2.75) is 18.6 Å². The van der Waals surface area contributed by atoms with Crippen LogP contribution in [0.5, 0.6) is 0 Å². The molecule has 0 fully saturated rings. The Morgan fingerprint density at radius 2 is 1.80 bits per heavy atom. The Hall–Kier alpha value is -2.04. The van der Waals surface area contributed by atoms with Crippen LogP contribution in [0.1, 0.15) is 17.2 Å². The maximum absolute atomic E-state index is 13.5. The third kappa shape index (κ3) is 2.24. The smallest absolute Gasteiger partial charge is 0.341 e. The Morgan fingerprint density at radius 1 is 1.05 bits per heavy atom. The molecule has 0 saturated heterocycles. The lowest BCUT2D eigenvalue weighted by atomic mass is 9.92. The zero-order chi connectivity index (χ0) is 14.2. The molecule has 1 unspecified atom stereocenters. The Kier molecular flexibility index (Phi) is 3.12. The van der Waals surface area contributed by atoms with Crippen LogP contribution in [-0.2, 0) is 6.42 Å². The summed E-state index contributed by atoms with van der Waals surface area (Å²) in [5, 5.41) is 0. The Balaban J connectivity index is 2.09. The summed E-state index contributed by atoms with van der Waals surface area (Å²) in [7, 11) is 0. The van der Waals surface area contributed by atoms with Crippen LogP contribution in [0.25, 0.3) is 0 Å². The largest absolute Gasteiger partial charge is 0.413 e. The van der Waals surface area contributed by atoms with E-state index in [9.17, 15) is 13.2 Å². The Labute approximate surface area is 114 Å². The zero-order valence-electron chi connectivity index (χ0n) is 10.6. The predicted molar refractivity (Wildman–Crippen MR) is 70.5 cm³/mol. The van der Waals surface area contributed by atoms with Crippen molar-refractivity contribution in [3.8, 4) is 0 Å². The first kappa shape index (κ1) is 13.0. The summed E-state index contributed by atoms with van der Waals surface area (Å²) in [5.41, 5.74) is 1.10. The molecule has 5 heteroatoms. The van der Waals surface area contributed by atoms with Crippen LogP contribution >= 0.6 is 0 Å². The highest BCUT2D eigenvalue weighted by Gasteiger charge is 2.47. The first-order valence-electron chi connectivity index (χ1n) is 6.39. The molecule has 0 spiro atoms. The van der Waals surface area contributed by atoms with Crippen LogP contribution in [0.2, 0.25) is 0 Å². The summed E-state index contributed by atoms with van der Waals surface area (Å²) in [5.74, 6) is 0.365. The molecule has 0 saturated carbocycles. The fraction of sp³-hybridized carbons (Fsp3) is 0.267. The topological polar surface area (TPSA) is 16.1 Å². The van der Waals surface area contributed by atoms with Crippen LogP contribution in [0, 0.1) is 0 Å². The molecule has 1 atom stereocenters. The maximum atomic E-state index is 13.5. The molecule has 3 rings (SSSR count). The van der Waals surface area contributed by atoms with E-state index in [1.165, 1.54) is 11.1 Å². The summed E-state index contributed by atoms with van der Waals surface area (Å²) in [6.07, 6.45) is -2.21. The number of anilines is 1. The highest BCUT2D eigenvalue weighted by Crippen LogP contribution is 2.43. The summed E-state index contributed by atoms with van der Waals surface area (Å²) in [6.45, 7) is 0.318. The molecule has 0 N–H and O–H groups in total. The van der Waals surface area contributed by atoms with Gasteiger partial charge in [0.2, 0.25) is 0 Å². The van der Waals surface area contributed by atoms with Gasteiger partial charge in [-0.1, -0.05) is 30.3 Å². The van der Waals surface area contributed by atoms with Crippen LogP contribution < -0.4 is 4.90 Å². The molecule has 0 bridgehead atoms. The van der Waals surface area contributed by atoms with Crippen molar-refractivity contribution in [3.05, 3.63) is 59.8 Å². The molecule has 1 aromatic heterocycles. The monoisotopic (exact) mass is 278 g/mol. The van der Waals surface area contributed by atoms with E-state index in [4.69, 9.17) is 0 Å². The Bertz CT molecular complexity index is 596. The molecule has 2 heterocycles. The summed E-state index contributed by atoms with van der Waals surface area (Å²) >= 11 is 0. The van der Waals surface area contributed by atoms with Crippen molar-refractivity contribution in [3.63, 3.8) is 0 Å². The van der Waals surface area contributed by atoms with Crippen molar-refractivity contribution in [2.24, 2.45) is 0 Å². The molecule has 20 heavy (non-hydrogen) atoms. The molecule has 2 nitrogen and oxygen atoms in total. The van der Waals surface area contributed by atoms with Gasteiger partial charge >= 0.3 is 6.18 Å². The molecule has 1 aliphatic heterocycles. The number of benzene rings is 1. The van der Waals surface area contributed by atoms with E-state index in [1.807, 2.05) is 0 Å². The second-order valence-electron chi connectivity index (χ2n) is 4.77. The summed E-state index contributed by atoms with van der Waals surface area (Å²) < 4.78 is 40.5. The van der Waals surface area contributed by atoms with E-state index in [0.717, 1.165) is 5.56 Å². The molecule has 0 radical (unpaired) electrons. The molecular weight excluding hydrogens is 265 g/mol. The number of alkyl halides is 3. The van der Waals surface area contributed by atoms with E-state index in [1.54, 1.807) is 42.5 Å². The van der Waals surface area contributed by atoms with Gasteiger partial charge in [-0.05, 0) is 29.7 Å². The lowest BCUT2D eigenvalue weighted by Gasteiger charge is -2.39. The number of halogens is 3. The lowest BCUT2D eigenvalue weighted by molar-refractivity contribution is -0.151. The molecule has 2 aromatic rings. The molecular formula is C15H13F3N2. The molecule has 0 aliphatic carbocycles. The van der Waals surface area contributed by atoms with E-state index in [-0.39, 0.29) is 0 Å². The van der Waals surface area contributed by atoms with Gasteiger partial charge in [-0.25, -0.2) is 4.98 Å². The van der Waals surface area contributed by atoms with Gasteiger partial charge in [0.1, 0.15) is 5.82 Å². The highest BCUT2D eigenvalue weighted by molar-refractivity contribution is 5.48.